The van der Waals surface area contributed by atoms with Gasteiger partial charge in [-0.15, -0.1) is 0 Å². The van der Waals surface area contributed by atoms with E-state index < -0.39 is 0 Å². The molecule has 0 atom stereocenters. The van der Waals surface area contributed by atoms with Crippen molar-refractivity contribution in [3.8, 4) is 0 Å². The fraction of sp³-hybridized carbons (Fsp3) is 0.571. The van der Waals surface area contributed by atoms with E-state index in [9.17, 15) is 9.59 Å². The van der Waals surface area contributed by atoms with Crippen LogP contribution in [0.15, 0.2) is 22.8 Å². The summed E-state index contributed by atoms with van der Waals surface area (Å²) in [5.41, 5.74) is 2.17. The summed E-state index contributed by atoms with van der Waals surface area (Å²) in [6.07, 6.45) is 2.95. The van der Waals surface area contributed by atoms with Gasteiger partial charge < -0.3 is 9.32 Å². The van der Waals surface area contributed by atoms with E-state index in [2.05, 4.69) is 5.43 Å². The molecular weight excluding hydrogens is 272 g/mol. The molecule has 1 saturated heterocycles. The third-order valence-corrected chi connectivity index (χ3v) is 3.77. The minimum Gasteiger partial charge on any atom is -0.468 e. The smallest absolute Gasteiger partial charge is 0.237 e. The van der Waals surface area contributed by atoms with Gasteiger partial charge >= 0.3 is 0 Å². The van der Waals surface area contributed by atoms with Crippen molar-refractivity contribution in [1.82, 2.24) is 15.2 Å². The second-order valence-electron chi connectivity index (χ2n) is 5.42. The van der Waals surface area contributed by atoms with E-state index >= 15 is 0 Å². The third-order valence-electron chi connectivity index (χ3n) is 3.77. The summed E-state index contributed by atoms with van der Waals surface area (Å²) in [5, 5.41) is 0. The Labute approximate surface area is 124 Å². The van der Waals surface area contributed by atoms with Gasteiger partial charge in [0.05, 0.1) is 19.4 Å². The Hall–Kier alpha value is -1.86. The number of carbonyl (C=O) groups excluding carboxylic acids is 2. The predicted molar refractivity (Wildman–Crippen MR) is 76.7 cm³/mol. The van der Waals surface area contributed by atoms with Crippen LogP contribution in [0.3, 0.4) is 0 Å². The molecule has 0 unspecified atom stereocenters. The molecule has 0 aliphatic carbocycles. The summed E-state index contributed by atoms with van der Waals surface area (Å²) in [7, 11) is 1.88. The monoisotopic (exact) mass is 294 g/mol. The first-order chi connectivity index (χ1) is 10.1. The number of nitrogens with two attached hydrogens (primary N) is 1. The summed E-state index contributed by atoms with van der Waals surface area (Å²) < 4.78 is 5.26. The SMILES string of the molecule is CN(CC(=O)N1CCC(C(=O)NN)CC1)Cc1ccco1. The number of hydrogen-bond acceptors (Lipinski definition) is 5. The molecule has 116 valence electrons. The lowest BCUT2D eigenvalue weighted by atomic mass is 9.96. The van der Waals surface area contributed by atoms with E-state index in [1.54, 1.807) is 11.2 Å². The van der Waals surface area contributed by atoms with Crippen LogP contribution < -0.4 is 11.3 Å². The third kappa shape index (κ3) is 4.30. The molecule has 0 bridgehead atoms. The first-order valence-corrected chi connectivity index (χ1v) is 7.09. The Morgan fingerprint density at radius 1 is 1.48 bits per heavy atom. The van der Waals surface area contributed by atoms with Crippen molar-refractivity contribution in [2.45, 2.75) is 19.4 Å². The van der Waals surface area contributed by atoms with Crippen LogP contribution in [0.5, 0.6) is 0 Å². The molecule has 7 nitrogen and oxygen atoms in total. The topological polar surface area (TPSA) is 91.8 Å². The van der Waals surface area contributed by atoms with Gasteiger partial charge in [-0.05, 0) is 32.0 Å². The lowest BCUT2D eigenvalue weighted by Crippen LogP contribution is -2.46. The number of nitrogens with one attached hydrogen (secondary N) is 1. The number of rotatable bonds is 5. The Kier molecular flexibility index (Phi) is 5.35. The fourth-order valence-electron chi connectivity index (χ4n) is 2.56. The first kappa shape index (κ1) is 15.5. The zero-order valence-corrected chi connectivity index (χ0v) is 12.2. The molecule has 1 fully saturated rings. The molecule has 0 radical (unpaired) electrons. The van der Waals surface area contributed by atoms with E-state index in [4.69, 9.17) is 10.3 Å². The van der Waals surface area contributed by atoms with Crippen molar-refractivity contribution in [3.63, 3.8) is 0 Å². The number of carbonyl (C=O) groups is 2. The van der Waals surface area contributed by atoms with Crippen LogP contribution in [0.25, 0.3) is 0 Å². The normalized spacial score (nSPS) is 16.2. The number of nitrogens with zero attached hydrogens (tertiary/aromatic N) is 2. The number of hydrogen-bond donors (Lipinski definition) is 2. The quantitative estimate of drug-likeness (QED) is 0.451. The fourth-order valence-corrected chi connectivity index (χ4v) is 2.56. The van der Waals surface area contributed by atoms with Crippen molar-refractivity contribution >= 4 is 11.8 Å². The predicted octanol–water partition coefficient (Wildman–Crippen LogP) is -0.0601. The largest absolute Gasteiger partial charge is 0.468 e. The molecule has 1 aromatic rings. The zero-order valence-electron chi connectivity index (χ0n) is 12.2. The van der Waals surface area contributed by atoms with Gasteiger partial charge in [-0.1, -0.05) is 0 Å². The number of hydrazine groups is 1. The summed E-state index contributed by atoms with van der Waals surface area (Å²) in [6, 6.07) is 3.72. The van der Waals surface area contributed by atoms with E-state index in [0.717, 1.165) is 5.76 Å². The molecule has 1 aromatic heterocycles. The molecule has 7 heteroatoms. The maximum atomic E-state index is 12.2. The molecule has 2 rings (SSSR count). The molecule has 1 aliphatic rings. The maximum Gasteiger partial charge on any atom is 0.237 e. The molecule has 3 N–H and O–H groups in total. The maximum absolute atomic E-state index is 12.2. The summed E-state index contributed by atoms with van der Waals surface area (Å²) in [4.78, 5) is 27.4. The van der Waals surface area contributed by atoms with Gasteiger partial charge in [0.25, 0.3) is 0 Å². The van der Waals surface area contributed by atoms with Crippen molar-refractivity contribution in [2.75, 3.05) is 26.7 Å². The molecule has 2 amide bonds. The minimum atomic E-state index is -0.142. The Morgan fingerprint density at radius 3 is 2.76 bits per heavy atom. The number of likely N-dealkylation sites (tertiary alicyclic amines) is 1. The molecule has 0 aromatic carbocycles. The standard InChI is InChI=1S/C14H22N4O3/c1-17(9-12-3-2-8-21-12)10-13(19)18-6-4-11(5-7-18)14(20)16-15/h2-3,8,11H,4-7,9-10,15H2,1H3,(H,16,20). The van der Waals surface area contributed by atoms with Gasteiger partial charge in [0.2, 0.25) is 11.8 Å². The van der Waals surface area contributed by atoms with E-state index in [1.807, 2.05) is 24.1 Å². The van der Waals surface area contributed by atoms with Gasteiger partial charge in [-0.25, -0.2) is 5.84 Å². The van der Waals surface area contributed by atoms with Gasteiger partial charge in [0, 0.05) is 19.0 Å². The summed E-state index contributed by atoms with van der Waals surface area (Å²) >= 11 is 0. The number of furan rings is 1. The average Bonchev–Trinajstić information content (AvgIpc) is 2.99. The highest BCUT2D eigenvalue weighted by molar-refractivity contribution is 5.80. The van der Waals surface area contributed by atoms with Gasteiger partial charge in [-0.2, -0.15) is 0 Å². The molecular formula is C14H22N4O3. The Morgan fingerprint density at radius 2 is 2.19 bits per heavy atom. The molecule has 0 saturated carbocycles. The van der Waals surface area contributed by atoms with Crippen LogP contribution in [0.1, 0.15) is 18.6 Å². The van der Waals surface area contributed by atoms with Crippen molar-refractivity contribution in [1.29, 1.82) is 0 Å². The van der Waals surface area contributed by atoms with Gasteiger partial charge in [-0.3, -0.25) is 19.9 Å². The Bertz CT molecular complexity index is 467. The zero-order chi connectivity index (χ0) is 15.2. The van der Waals surface area contributed by atoms with Crippen LogP contribution in [-0.2, 0) is 16.1 Å². The molecule has 1 aliphatic heterocycles. The van der Waals surface area contributed by atoms with Crippen LogP contribution >= 0.6 is 0 Å². The highest BCUT2D eigenvalue weighted by Crippen LogP contribution is 2.17. The summed E-state index contributed by atoms with van der Waals surface area (Å²) in [6.45, 7) is 2.15. The lowest BCUT2D eigenvalue weighted by Gasteiger charge is -2.32. The summed E-state index contributed by atoms with van der Waals surface area (Å²) in [5.74, 6) is 5.82. The first-order valence-electron chi connectivity index (χ1n) is 7.09. The minimum absolute atomic E-state index is 0.0793. The second-order valence-corrected chi connectivity index (χ2v) is 5.42. The second kappa shape index (κ2) is 7.24. The number of amides is 2. The van der Waals surface area contributed by atoms with Crippen molar-refractivity contribution in [3.05, 3.63) is 24.2 Å². The average molecular weight is 294 g/mol. The molecule has 0 spiro atoms. The van der Waals surface area contributed by atoms with E-state index in [-0.39, 0.29) is 17.7 Å². The number of piperidine rings is 1. The van der Waals surface area contributed by atoms with Crippen molar-refractivity contribution in [2.24, 2.45) is 11.8 Å². The van der Waals surface area contributed by atoms with Crippen LogP contribution in [0, 0.1) is 5.92 Å². The highest BCUT2D eigenvalue weighted by atomic mass is 16.3. The van der Waals surface area contributed by atoms with Crippen LogP contribution in [0.2, 0.25) is 0 Å². The molecule has 2 heterocycles. The van der Waals surface area contributed by atoms with Crippen LogP contribution in [-0.4, -0.2) is 48.3 Å². The Balaban J connectivity index is 1.75. The number of likely N-dealkylation sites (N-methyl/N-ethyl adjacent to an activating group) is 1. The van der Waals surface area contributed by atoms with Crippen molar-refractivity contribution < 1.29 is 14.0 Å². The lowest BCUT2D eigenvalue weighted by molar-refractivity contribution is -0.136. The van der Waals surface area contributed by atoms with Gasteiger partial charge in [0.15, 0.2) is 0 Å². The van der Waals surface area contributed by atoms with Gasteiger partial charge in [0.1, 0.15) is 5.76 Å². The molecule has 21 heavy (non-hydrogen) atoms. The van der Waals surface area contributed by atoms with E-state index in [1.165, 1.54) is 0 Å². The highest BCUT2D eigenvalue weighted by Gasteiger charge is 2.27. The van der Waals surface area contributed by atoms with Crippen LogP contribution in [0.4, 0.5) is 0 Å². The van der Waals surface area contributed by atoms with E-state index in [0.29, 0.717) is 39.0 Å².